The molecule has 0 unspecified atom stereocenters. The predicted octanol–water partition coefficient (Wildman–Crippen LogP) is 5.02. The third kappa shape index (κ3) is 4.96. The van der Waals surface area contributed by atoms with E-state index in [1.165, 1.54) is 6.07 Å². The molecule has 0 fully saturated rings. The van der Waals surface area contributed by atoms with Gasteiger partial charge in [0.05, 0.1) is 22.6 Å². The first-order valence-corrected chi connectivity index (χ1v) is 14.1. The number of hydrogen-bond donors (Lipinski definition) is 2. The van der Waals surface area contributed by atoms with E-state index in [1.807, 2.05) is 31.4 Å². The smallest absolute Gasteiger partial charge is 0.250 e. The van der Waals surface area contributed by atoms with Gasteiger partial charge in [0.1, 0.15) is 12.5 Å². The van der Waals surface area contributed by atoms with E-state index in [-0.39, 0.29) is 12.3 Å². The van der Waals surface area contributed by atoms with Crippen LogP contribution >= 0.6 is 0 Å². The van der Waals surface area contributed by atoms with Crippen LogP contribution in [-0.2, 0) is 11.5 Å². The minimum atomic E-state index is -1.27. The summed E-state index contributed by atoms with van der Waals surface area (Å²) in [5.74, 6) is -1.02. The van der Waals surface area contributed by atoms with Crippen LogP contribution in [0, 0.1) is 26.6 Å². The average Bonchev–Trinajstić information content (AvgIpc) is 3.18. The zero-order valence-corrected chi connectivity index (χ0v) is 20.1. The van der Waals surface area contributed by atoms with Crippen LogP contribution < -0.4 is 5.73 Å². The summed E-state index contributed by atoms with van der Waals surface area (Å²) in [4.78, 5) is 12.4. The number of nitrogens with two attached hydrogens (primary N) is 1. The van der Waals surface area contributed by atoms with Crippen molar-refractivity contribution in [1.29, 1.82) is 0 Å². The van der Waals surface area contributed by atoms with Crippen molar-refractivity contribution in [3.05, 3.63) is 52.6 Å². The summed E-state index contributed by atoms with van der Waals surface area (Å²) in [6, 6.07) is 7.68. The number of H-pyrrole nitrogens is 1. The standard InChI is InChI=1S/C23H31FN4O2Si/c1-14-7-8-17(19(24)11-14)22-18(23(25)29)12-20(21-15(2)26-27-16(21)3)28(22)13-30-9-10-31(4,5)6/h7-8,11-12H,9-10,13H2,1-6H3,(H2,25,29)(H,26,27). The number of halogens is 1. The third-order valence-corrected chi connectivity index (χ3v) is 7.05. The lowest BCUT2D eigenvalue weighted by Gasteiger charge is -2.18. The number of carbonyl (C=O) groups is 1. The molecule has 0 bridgehead atoms. The van der Waals surface area contributed by atoms with Gasteiger partial charge in [-0.1, -0.05) is 25.7 Å². The zero-order valence-electron chi connectivity index (χ0n) is 19.1. The van der Waals surface area contributed by atoms with Gasteiger partial charge in [0.2, 0.25) is 0 Å². The molecule has 0 radical (unpaired) electrons. The Bertz CT molecular complexity index is 1090. The van der Waals surface area contributed by atoms with Gasteiger partial charge in [0, 0.05) is 31.5 Å². The quantitative estimate of drug-likeness (QED) is 0.379. The van der Waals surface area contributed by atoms with Crippen LogP contribution in [0.4, 0.5) is 4.39 Å². The molecule has 0 aliphatic rings. The fraction of sp³-hybridized carbons (Fsp3) is 0.391. The highest BCUT2D eigenvalue weighted by atomic mass is 28.3. The van der Waals surface area contributed by atoms with Crippen molar-refractivity contribution in [3.8, 4) is 22.5 Å². The maximum Gasteiger partial charge on any atom is 0.250 e. The van der Waals surface area contributed by atoms with E-state index in [0.29, 0.717) is 17.9 Å². The number of nitrogens with one attached hydrogen (secondary N) is 1. The Balaban J connectivity index is 2.18. The lowest BCUT2D eigenvalue weighted by Crippen LogP contribution is -2.22. The monoisotopic (exact) mass is 442 g/mol. The fourth-order valence-electron chi connectivity index (χ4n) is 3.64. The van der Waals surface area contributed by atoms with Gasteiger partial charge in [-0.05, 0) is 50.6 Å². The molecule has 2 aromatic heterocycles. The van der Waals surface area contributed by atoms with Crippen LogP contribution in [0.2, 0.25) is 25.7 Å². The van der Waals surface area contributed by atoms with Crippen molar-refractivity contribution in [3.63, 3.8) is 0 Å². The van der Waals surface area contributed by atoms with Gasteiger partial charge in [0.25, 0.3) is 5.91 Å². The van der Waals surface area contributed by atoms with Crippen LogP contribution in [0.15, 0.2) is 24.3 Å². The van der Waals surface area contributed by atoms with E-state index in [9.17, 15) is 9.18 Å². The molecule has 1 aromatic carbocycles. The van der Waals surface area contributed by atoms with Crippen molar-refractivity contribution in [2.24, 2.45) is 5.73 Å². The number of aromatic nitrogens is 3. The lowest BCUT2D eigenvalue weighted by molar-refractivity contribution is 0.0893. The van der Waals surface area contributed by atoms with Crippen molar-refractivity contribution < 1.29 is 13.9 Å². The maximum absolute atomic E-state index is 15.0. The molecule has 3 N–H and O–H groups in total. The molecule has 6 nitrogen and oxygen atoms in total. The molecule has 2 heterocycles. The molecule has 0 saturated carbocycles. The number of rotatable bonds is 8. The number of nitrogens with zero attached hydrogens (tertiary/aromatic N) is 2. The Morgan fingerprint density at radius 3 is 2.48 bits per heavy atom. The number of ether oxygens (including phenoxy) is 1. The second-order valence-electron chi connectivity index (χ2n) is 9.22. The molecule has 8 heteroatoms. The molecular weight excluding hydrogens is 411 g/mol. The Morgan fingerprint density at radius 1 is 1.23 bits per heavy atom. The summed E-state index contributed by atoms with van der Waals surface area (Å²) in [5.41, 5.74) is 10.7. The first-order chi connectivity index (χ1) is 14.5. The summed E-state index contributed by atoms with van der Waals surface area (Å²) >= 11 is 0. The van der Waals surface area contributed by atoms with Gasteiger partial charge in [-0.15, -0.1) is 0 Å². The van der Waals surface area contributed by atoms with E-state index in [0.717, 1.165) is 34.3 Å². The summed E-state index contributed by atoms with van der Waals surface area (Å²) in [5, 5.41) is 7.26. The van der Waals surface area contributed by atoms with Gasteiger partial charge >= 0.3 is 0 Å². The molecule has 3 aromatic rings. The van der Waals surface area contributed by atoms with Gasteiger partial charge in [-0.3, -0.25) is 9.89 Å². The number of primary amides is 1. The van der Waals surface area contributed by atoms with Crippen LogP contribution in [0.5, 0.6) is 0 Å². The van der Waals surface area contributed by atoms with E-state index in [2.05, 4.69) is 29.8 Å². The Kier molecular flexibility index (Phi) is 6.52. The molecule has 0 aliphatic heterocycles. The summed E-state index contributed by atoms with van der Waals surface area (Å²) < 4.78 is 22.9. The normalized spacial score (nSPS) is 11.8. The zero-order chi connectivity index (χ0) is 22.9. The van der Waals surface area contributed by atoms with Gasteiger partial charge < -0.3 is 15.0 Å². The Hall–Kier alpha value is -2.71. The van der Waals surface area contributed by atoms with Crippen molar-refractivity contribution in [2.75, 3.05) is 6.61 Å². The number of amides is 1. The van der Waals surface area contributed by atoms with E-state index < -0.39 is 19.8 Å². The summed E-state index contributed by atoms with van der Waals surface area (Å²) in [7, 11) is -1.27. The number of hydrogen-bond acceptors (Lipinski definition) is 3. The Labute approximate surface area is 183 Å². The Morgan fingerprint density at radius 2 is 1.94 bits per heavy atom. The van der Waals surface area contributed by atoms with E-state index >= 15 is 0 Å². The highest BCUT2D eigenvalue weighted by Gasteiger charge is 2.25. The van der Waals surface area contributed by atoms with E-state index in [4.69, 9.17) is 10.5 Å². The fourth-order valence-corrected chi connectivity index (χ4v) is 4.40. The molecule has 31 heavy (non-hydrogen) atoms. The first kappa shape index (κ1) is 23.0. The molecule has 0 aliphatic carbocycles. The molecule has 166 valence electrons. The highest BCUT2D eigenvalue weighted by molar-refractivity contribution is 6.76. The molecule has 0 saturated heterocycles. The van der Waals surface area contributed by atoms with Crippen molar-refractivity contribution in [1.82, 2.24) is 14.8 Å². The number of benzene rings is 1. The number of carbonyl (C=O) groups excluding carboxylic acids is 1. The second kappa shape index (κ2) is 8.80. The van der Waals surface area contributed by atoms with Crippen LogP contribution in [0.3, 0.4) is 0 Å². The molecule has 3 rings (SSSR count). The van der Waals surface area contributed by atoms with Gasteiger partial charge in [0.15, 0.2) is 0 Å². The molecule has 0 atom stereocenters. The maximum atomic E-state index is 15.0. The third-order valence-electron chi connectivity index (χ3n) is 5.34. The van der Waals surface area contributed by atoms with Crippen molar-refractivity contribution >= 4 is 14.0 Å². The predicted molar refractivity (Wildman–Crippen MR) is 124 cm³/mol. The topological polar surface area (TPSA) is 85.9 Å². The second-order valence-corrected chi connectivity index (χ2v) is 14.8. The van der Waals surface area contributed by atoms with Crippen molar-refractivity contribution in [2.45, 2.75) is 53.2 Å². The number of aromatic amines is 1. The van der Waals surface area contributed by atoms with Crippen LogP contribution in [0.25, 0.3) is 22.5 Å². The summed E-state index contributed by atoms with van der Waals surface area (Å²) in [6.07, 6.45) is 0. The lowest BCUT2D eigenvalue weighted by atomic mass is 10.0. The van der Waals surface area contributed by atoms with Crippen LogP contribution in [-0.4, -0.2) is 35.4 Å². The molecular formula is C23H31FN4O2Si. The van der Waals surface area contributed by atoms with Gasteiger partial charge in [-0.25, -0.2) is 4.39 Å². The van der Waals surface area contributed by atoms with Gasteiger partial charge in [-0.2, -0.15) is 5.10 Å². The minimum absolute atomic E-state index is 0.180. The molecule has 0 spiro atoms. The largest absolute Gasteiger partial charge is 0.366 e. The number of aryl methyl sites for hydroxylation is 3. The average molecular weight is 443 g/mol. The molecule has 1 amide bonds. The summed E-state index contributed by atoms with van der Waals surface area (Å²) in [6.45, 7) is 13.3. The highest BCUT2D eigenvalue weighted by Crippen LogP contribution is 2.36. The first-order valence-electron chi connectivity index (χ1n) is 10.4. The van der Waals surface area contributed by atoms with Crippen LogP contribution in [0.1, 0.15) is 27.3 Å². The SMILES string of the molecule is Cc1ccc(-c2c(C(N)=O)cc(-c3c(C)n[nH]c3C)n2COCC[Si](C)(C)C)c(F)c1. The van der Waals surface area contributed by atoms with E-state index in [1.54, 1.807) is 12.1 Å². The minimum Gasteiger partial charge on any atom is -0.366 e.